The highest BCUT2D eigenvalue weighted by Gasteiger charge is 2.45. The molecule has 0 saturated carbocycles. The summed E-state index contributed by atoms with van der Waals surface area (Å²) in [5, 5.41) is 13.5. The minimum absolute atomic E-state index is 0.0333. The SMILES string of the molecule is O=C(Cc1ccc(OCc2cccc(F)c2)cc1)NC1(C(=O)O)Cc2ccc(-c3ccc(Cl)cc3)cc2C1. The van der Waals surface area contributed by atoms with Crippen LogP contribution in [0.1, 0.15) is 22.3 Å². The number of hydrogen-bond acceptors (Lipinski definition) is 3. The van der Waals surface area contributed by atoms with E-state index < -0.39 is 11.5 Å². The molecule has 0 saturated heterocycles. The topological polar surface area (TPSA) is 75.6 Å². The molecule has 1 aliphatic rings. The molecule has 5 rings (SSSR count). The third-order valence-electron chi connectivity index (χ3n) is 6.74. The Bertz CT molecular complexity index is 1490. The van der Waals surface area contributed by atoms with Crippen LogP contribution in [0.15, 0.2) is 91.0 Å². The molecule has 0 radical (unpaired) electrons. The minimum atomic E-state index is -1.40. The van der Waals surface area contributed by atoms with Gasteiger partial charge < -0.3 is 15.2 Å². The lowest BCUT2D eigenvalue weighted by molar-refractivity contribution is -0.147. The van der Waals surface area contributed by atoms with Gasteiger partial charge in [0.2, 0.25) is 5.91 Å². The first-order valence-corrected chi connectivity index (χ1v) is 12.6. The zero-order chi connectivity index (χ0) is 26.7. The van der Waals surface area contributed by atoms with Crippen LogP contribution in [0.4, 0.5) is 4.39 Å². The van der Waals surface area contributed by atoms with Crippen LogP contribution in [0, 0.1) is 5.82 Å². The van der Waals surface area contributed by atoms with Crippen LogP contribution in [-0.2, 0) is 35.5 Å². The Morgan fingerprint density at radius 3 is 2.29 bits per heavy atom. The first-order chi connectivity index (χ1) is 18.3. The number of carbonyl (C=O) groups excluding carboxylic acids is 1. The number of nitrogens with one attached hydrogen (secondary N) is 1. The molecule has 5 nitrogen and oxygen atoms in total. The number of fused-ring (bicyclic) bond motifs is 1. The van der Waals surface area contributed by atoms with Gasteiger partial charge in [-0.05, 0) is 69.8 Å². The van der Waals surface area contributed by atoms with Gasteiger partial charge in [-0.2, -0.15) is 0 Å². The average molecular weight is 530 g/mol. The minimum Gasteiger partial charge on any atom is -0.489 e. The highest BCUT2D eigenvalue weighted by Crippen LogP contribution is 2.34. The maximum absolute atomic E-state index is 13.3. The van der Waals surface area contributed by atoms with Crippen molar-refractivity contribution in [3.63, 3.8) is 0 Å². The van der Waals surface area contributed by atoms with Gasteiger partial charge >= 0.3 is 5.97 Å². The van der Waals surface area contributed by atoms with Crippen molar-refractivity contribution in [2.45, 2.75) is 31.4 Å². The number of amides is 1. The van der Waals surface area contributed by atoms with Crippen molar-refractivity contribution in [3.8, 4) is 16.9 Å². The molecule has 1 aliphatic carbocycles. The molecule has 192 valence electrons. The summed E-state index contributed by atoms with van der Waals surface area (Å²) in [5.74, 6) is -1.16. The molecule has 0 spiro atoms. The molecule has 4 aromatic rings. The van der Waals surface area contributed by atoms with E-state index >= 15 is 0 Å². The van der Waals surface area contributed by atoms with Gasteiger partial charge in [0.25, 0.3) is 0 Å². The van der Waals surface area contributed by atoms with E-state index in [4.69, 9.17) is 16.3 Å². The number of halogens is 2. The summed E-state index contributed by atoms with van der Waals surface area (Å²) in [6.07, 6.45) is 0.459. The first kappa shape index (κ1) is 25.5. The maximum Gasteiger partial charge on any atom is 0.330 e. The summed E-state index contributed by atoms with van der Waals surface area (Å²) in [4.78, 5) is 25.3. The van der Waals surface area contributed by atoms with Crippen molar-refractivity contribution in [2.24, 2.45) is 0 Å². The van der Waals surface area contributed by atoms with Crippen molar-refractivity contribution in [1.29, 1.82) is 0 Å². The zero-order valence-corrected chi connectivity index (χ0v) is 21.2. The number of ether oxygens (including phenoxy) is 1. The van der Waals surface area contributed by atoms with E-state index in [-0.39, 0.29) is 37.6 Å². The summed E-state index contributed by atoms with van der Waals surface area (Å²) < 4.78 is 19.0. The number of carboxylic acid groups (broad SMARTS) is 1. The van der Waals surface area contributed by atoms with Crippen LogP contribution in [0.2, 0.25) is 5.02 Å². The molecule has 0 heterocycles. The van der Waals surface area contributed by atoms with E-state index in [1.807, 2.05) is 42.5 Å². The van der Waals surface area contributed by atoms with Gasteiger partial charge in [0.05, 0.1) is 6.42 Å². The van der Waals surface area contributed by atoms with Gasteiger partial charge in [-0.25, -0.2) is 9.18 Å². The van der Waals surface area contributed by atoms with Crippen molar-refractivity contribution in [2.75, 3.05) is 0 Å². The second kappa shape index (κ2) is 10.7. The smallest absolute Gasteiger partial charge is 0.330 e. The zero-order valence-electron chi connectivity index (χ0n) is 20.4. The number of hydrogen-bond donors (Lipinski definition) is 2. The lowest BCUT2D eigenvalue weighted by Gasteiger charge is -2.25. The fraction of sp³-hybridized carbons (Fsp3) is 0.161. The largest absolute Gasteiger partial charge is 0.489 e. The number of rotatable bonds is 8. The van der Waals surface area contributed by atoms with Crippen molar-refractivity contribution >= 4 is 23.5 Å². The van der Waals surface area contributed by atoms with E-state index in [9.17, 15) is 19.1 Å². The molecular weight excluding hydrogens is 505 g/mol. The third kappa shape index (κ3) is 5.71. The van der Waals surface area contributed by atoms with Crippen molar-refractivity contribution < 1.29 is 23.8 Å². The fourth-order valence-electron chi connectivity index (χ4n) is 4.78. The molecule has 0 aliphatic heterocycles. The van der Waals surface area contributed by atoms with Gasteiger partial charge in [-0.3, -0.25) is 4.79 Å². The number of aliphatic carboxylic acids is 1. The Kier molecular flexibility index (Phi) is 7.16. The van der Waals surface area contributed by atoms with E-state index in [1.54, 1.807) is 36.4 Å². The monoisotopic (exact) mass is 529 g/mol. The van der Waals surface area contributed by atoms with Gasteiger partial charge in [-0.1, -0.05) is 66.2 Å². The summed E-state index contributed by atoms with van der Waals surface area (Å²) in [5.41, 5.74) is 3.80. The molecule has 1 atom stereocenters. The van der Waals surface area contributed by atoms with Gasteiger partial charge in [0.15, 0.2) is 0 Å². The summed E-state index contributed by atoms with van der Waals surface area (Å²) in [7, 11) is 0. The molecular formula is C31H25ClFNO4. The Morgan fingerprint density at radius 1 is 0.868 bits per heavy atom. The molecule has 0 bridgehead atoms. The molecule has 4 aromatic carbocycles. The van der Waals surface area contributed by atoms with Crippen LogP contribution in [-0.4, -0.2) is 22.5 Å². The lowest BCUT2D eigenvalue weighted by Crippen LogP contribution is -2.55. The van der Waals surface area contributed by atoms with Crippen LogP contribution in [0.25, 0.3) is 11.1 Å². The maximum atomic E-state index is 13.3. The van der Waals surface area contributed by atoms with Crippen LogP contribution in [0.5, 0.6) is 5.75 Å². The first-order valence-electron chi connectivity index (χ1n) is 12.2. The third-order valence-corrected chi connectivity index (χ3v) is 6.99. The highest BCUT2D eigenvalue weighted by atomic mass is 35.5. The van der Waals surface area contributed by atoms with E-state index in [0.717, 1.165) is 27.8 Å². The van der Waals surface area contributed by atoms with Crippen molar-refractivity contribution in [3.05, 3.63) is 124 Å². The quantitative estimate of drug-likeness (QED) is 0.293. The van der Waals surface area contributed by atoms with Crippen molar-refractivity contribution in [1.82, 2.24) is 5.32 Å². The number of carboxylic acids is 1. The molecule has 0 fully saturated rings. The molecule has 1 unspecified atom stereocenters. The van der Waals surface area contributed by atoms with Gasteiger partial charge in [0, 0.05) is 17.9 Å². The Balaban J connectivity index is 1.22. The number of carbonyl (C=O) groups is 2. The van der Waals surface area contributed by atoms with E-state index in [1.165, 1.54) is 12.1 Å². The van der Waals surface area contributed by atoms with E-state index in [0.29, 0.717) is 16.3 Å². The molecule has 38 heavy (non-hydrogen) atoms. The molecule has 1 amide bonds. The summed E-state index contributed by atoms with van der Waals surface area (Å²) in [6.45, 7) is 0.221. The predicted octanol–water partition coefficient (Wildman–Crippen LogP) is 6.01. The molecule has 7 heteroatoms. The standard InChI is InChI=1S/C31H25ClFNO4/c32-26-10-8-22(9-11-26)23-6-7-24-17-31(30(36)37,18-25(24)16-23)34-29(35)15-20-4-12-28(13-5-20)38-19-21-2-1-3-27(33)14-21/h1-14,16H,15,17-19H2,(H,34,35)(H,36,37). The van der Waals surface area contributed by atoms with Crippen LogP contribution in [0.3, 0.4) is 0 Å². The lowest BCUT2D eigenvalue weighted by atomic mass is 9.95. The van der Waals surface area contributed by atoms with Crippen LogP contribution >= 0.6 is 11.6 Å². The second-order valence-corrected chi connectivity index (χ2v) is 9.96. The Labute approximate surface area is 224 Å². The molecule has 0 aromatic heterocycles. The average Bonchev–Trinajstić information content (AvgIpc) is 3.27. The Hall–Kier alpha value is -4.16. The Morgan fingerprint density at radius 2 is 1.58 bits per heavy atom. The van der Waals surface area contributed by atoms with Gasteiger partial charge in [0.1, 0.15) is 23.7 Å². The van der Waals surface area contributed by atoms with E-state index in [2.05, 4.69) is 5.32 Å². The molecule has 2 N–H and O–H groups in total. The normalized spacial score (nSPS) is 16.1. The predicted molar refractivity (Wildman–Crippen MR) is 144 cm³/mol. The van der Waals surface area contributed by atoms with Gasteiger partial charge in [-0.15, -0.1) is 0 Å². The highest BCUT2D eigenvalue weighted by molar-refractivity contribution is 6.30. The second-order valence-electron chi connectivity index (χ2n) is 9.52. The number of benzene rings is 4. The summed E-state index contributed by atoms with van der Waals surface area (Å²) >= 11 is 6.00. The fourth-order valence-corrected chi connectivity index (χ4v) is 4.91. The summed E-state index contributed by atoms with van der Waals surface area (Å²) in [6, 6.07) is 26.5. The van der Waals surface area contributed by atoms with Crippen LogP contribution < -0.4 is 10.1 Å².